The third kappa shape index (κ3) is 3.44. The average Bonchev–Trinajstić information content (AvgIpc) is 3.15. The summed E-state index contributed by atoms with van der Waals surface area (Å²) in [4.78, 5) is 7.95. The highest BCUT2D eigenvalue weighted by Gasteiger charge is 2.08. The fourth-order valence-corrected chi connectivity index (χ4v) is 3.65. The second-order valence-electron chi connectivity index (χ2n) is 7.17. The van der Waals surface area contributed by atoms with Crippen LogP contribution in [0.1, 0.15) is 11.1 Å². The predicted octanol–water partition coefficient (Wildman–Crippen LogP) is 6.70. The van der Waals surface area contributed by atoms with Crippen LogP contribution in [0.2, 0.25) is 0 Å². The topological polar surface area (TPSA) is 37.9 Å². The lowest BCUT2D eigenvalue weighted by atomic mass is 10.0. The number of nitrogens with one attached hydrogen (secondary N) is 1. The second kappa shape index (κ2) is 7.48. The van der Waals surface area contributed by atoms with Crippen LogP contribution in [0.3, 0.4) is 0 Å². The number of ether oxygens (including phenoxy) is 1. The first-order chi connectivity index (χ1) is 14.7. The van der Waals surface area contributed by atoms with Crippen molar-refractivity contribution in [2.24, 2.45) is 0 Å². The molecular formula is C26H19FN2O. The van der Waals surface area contributed by atoms with Gasteiger partial charge in [0.05, 0.1) is 7.11 Å². The van der Waals surface area contributed by atoms with E-state index in [0.29, 0.717) is 0 Å². The van der Waals surface area contributed by atoms with Crippen molar-refractivity contribution >= 4 is 34.1 Å². The third-order valence-electron chi connectivity index (χ3n) is 5.21. The van der Waals surface area contributed by atoms with Crippen molar-refractivity contribution in [3.8, 4) is 16.9 Å². The Morgan fingerprint density at radius 3 is 2.43 bits per heavy atom. The molecule has 2 heterocycles. The molecule has 0 radical (unpaired) electrons. The van der Waals surface area contributed by atoms with Gasteiger partial charge in [-0.1, -0.05) is 42.5 Å². The summed E-state index contributed by atoms with van der Waals surface area (Å²) >= 11 is 0. The Bertz CT molecular complexity index is 1380. The maximum absolute atomic E-state index is 13.4. The quantitative estimate of drug-likeness (QED) is 0.368. The highest BCUT2D eigenvalue weighted by Crippen LogP contribution is 2.30. The lowest BCUT2D eigenvalue weighted by Crippen LogP contribution is -1.83. The average molecular weight is 394 g/mol. The molecule has 0 amide bonds. The molecule has 5 rings (SSSR count). The van der Waals surface area contributed by atoms with Gasteiger partial charge in [-0.15, -0.1) is 0 Å². The van der Waals surface area contributed by atoms with E-state index in [-0.39, 0.29) is 5.82 Å². The zero-order chi connectivity index (χ0) is 20.5. The summed E-state index contributed by atoms with van der Waals surface area (Å²) in [5, 5.41) is 2.17. The molecule has 1 N–H and O–H groups in total. The molecule has 0 spiro atoms. The zero-order valence-corrected chi connectivity index (χ0v) is 16.4. The van der Waals surface area contributed by atoms with Crippen LogP contribution in [-0.4, -0.2) is 17.1 Å². The molecule has 3 aromatic carbocycles. The third-order valence-corrected chi connectivity index (χ3v) is 5.21. The van der Waals surface area contributed by atoms with Crippen molar-refractivity contribution in [1.82, 2.24) is 9.97 Å². The molecule has 0 saturated heterocycles. The Balaban J connectivity index is 1.55. The highest BCUT2D eigenvalue weighted by molar-refractivity contribution is 6.07. The lowest BCUT2D eigenvalue weighted by molar-refractivity contribution is 0.415. The molecule has 0 bridgehead atoms. The smallest absolute Gasteiger partial charge is 0.138 e. The molecule has 0 saturated carbocycles. The van der Waals surface area contributed by atoms with E-state index in [1.807, 2.05) is 36.5 Å². The summed E-state index contributed by atoms with van der Waals surface area (Å²) in [5.74, 6) is 0.597. The first-order valence-electron chi connectivity index (χ1n) is 9.69. The van der Waals surface area contributed by atoms with Crippen molar-refractivity contribution in [2.75, 3.05) is 7.11 Å². The lowest BCUT2D eigenvalue weighted by Gasteiger charge is -2.04. The molecule has 0 atom stereocenters. The molecule has 5 aromatic rings. The van der Waals surface area contributed by atoms with Gasteiger partial charge in [0.2, 0.25) is 0 Å². The number of nitrogens with zero attached hydrogens (tertiary/aromatic N) is 1. The van der Waals surface area contributed by atoms with E-state index < -0.39 is 0 Å². The number of pyridine rings is 1. The van der Waals surface area contributed by atoms with Gasteiger partial charge in [0, 0.05) is 22.5 Å². The molecule has 3 nitrogen and oxygen atoms in total. The number of methoxy groups -OCH3 is 1. The molecule has 146 valence electrons. The molecule has 4 heteroatoms. The number of halogens is 1. The molecule has 2 aromatic heterocycles. The molecule has 0 aliphatic carbocycles. The minimum atomic E-state index is -0.242. The summed E-state index contributed by atoms with van der Waals surface area (Å²) in [6, 6.07) is 23.0. The van der Waals surface area contributed by atoms with E-state index in [4.69, 9.17) is 4.74 Å². The summed E-state index contributed by atoms with van der Waals surface area (Å²) in [6.07, 6.45) is 5.66. The van der Waals surface area contributed by atoms with Gasteiger partial charge in [0.15, 0.2) is 0 Å². The Morgan fingerprint density at radius 1 is 0.833 bits per heavy atom. The highest BCUT2D eigenvalue weighted by atomic mass is 19.1. The van der Waals surface area contributed by atoms with Crippen LogP contribution in [0, 0.1) is 5.82 Å². The number of rotatable bonds is 4. The van der Waals surface area contributed by atoms with Gasteiger partial charge in [-0.2, -0.15) is 0 Å². The normalized spacial score (nSPS) is 11.5. The number of fused-ring (bicyclic) bond motifs is 3. The number of benzene rings is 3. The van der Waals surface area contributed by atoms with Gasteiger partial charge in [-0.25, -0.2) is 9.37 Å². The minimum Gasteiger partial charge on any atom is -0.497 e. The first kappa shape index (κ1) is 18.1. The first-order valence-corrected chi connectivity index (χ1v) is 9.69. The zero-order valence-electron chi connectivity index (χ0n) is 16.4. The number of aromatic amines is 1. The Kier molecular flexibility index (Phi) is 4.52. The number of hydrogen-bond donors (Lipinski definition) is 1. The number of hydrogen-bond acceptors (Lipinski definition) is 2. The maximum Gasteiger partial charge on any atom is 0.138 e. The molecule has 0 aliphatic rings. The monoisotopic (exact) mass is 394 g/mol. The van der Waals surface area contributed by atoms with Crippen molar-refractivity contribution in [3.63, 3.8) is 0 Å². The SMILES string of the molecule is COc1ccc(-c2ccc3[nH]c4ncc(/C=C/c5cccc(F)c5)cc4c3c2)cc1. The second-order valence-corrected chi connectivity index (χ2v) is 7.17. The van der Waals surface area contributed by atoms with Crippen molar-refractivity contribution in [2.45, 2.75) is 0 Å². The Morgan fingerprint density at radius 2 is 1.63 bits per heavy atom. The number of aromatic nitrogens is 2. The standard InChI is InChI=1S/C26H19FN2O/c1-30-22-10-7-19(8-11-22)20-9-12-25-23(15-20)24-14-18(16-28-26(24)29-25)6-5-17-3-2-4-21(27)13-17/h2-16H,1H3,(H,28,29)/b6-5+. The van der Waals surface area contributed by atoms with Crippen molar-refractivity contribution in [3.05, 3.63) is 95.9 Å². The summed E-state index contributed by atoms with van der Waals surface area (Å²) in [5.41, 5.74) is 5.92. The summed E-state index contributed by atoms with van der Waals surface area (Å²) < 4.78 is 18.7. The molecule has 30 heavy (non-hydrogen) atoms. The van der Waals surface area contributed by atoms with E-state index in [2.05, 4.69) is 46.4 Å². The van der Waals surface area contributed by atoms with Crippen molar-refractivity contribution < 1.29 is 9.13 Å². The Labute approximate surface area is 173 Å². The summed E-state index contributed by atoms with van der Waals surface area (Å²) in [6.45, 7) is 0. The largest absolute Gasteiger partial charge is 0.497 e. The van der Waals surface area contributed by atoms with Gasteiger partial charge in [0.25, 0.3) is 0 Å². The van der Waals surface area contributed by atoms with E-state index in [1.165, 1.54) is 12.1 Å². The van der Waals surface area contributed by atoms with E-state index in [9.17, 15) is 4.39 Å². The fourth-order valence-electron chi connectivity index (χ4n) is 3.65. The molecular weight excluding hydrogens is 375 g/mol. The van der Waals surface area contributed by atoms with Gasteiger partial charge in [-0.05, 0) is 64.7 Å². The van der Waals surface area contributed by atoms with Gasteiger partial charge in [-0.3, -0.25) is 0 Å². The summed E-state index contributed by atoms with van der Waals surface area (Å²) in [7, 11) is 1.67. The van der Waals surface area contributed by atoms with Crippen molar-refractivity contribution in [1.29, 1.82) is 0 Å². The van der Waals surface area contributed by atoms with E-state index >= 15 is 0 Å². The van der Waals surface area contributed by atoms with E-state index in [0.717, 1.165) is 49.9 Å². The minimum absolute atomic E-state index is 0.242. The molecule has 0 aliphatic heterocycles. The van der Waals surface area contributed by atoms with Crippen LogP contribution < -0.4 is 4.74 Å². The van der Waals surface area contributed by atoms with Crippen LogP contribution in [0.5, 0.6) is 5.75 Å². The number of H-pyrrole nitrogens is 1. The van der Waals surface area contributed by atoms with Crippen LogP contribution in [0.4, 0.5) is 4.39 Å². The Hall–Kier alpha value is -3.92. The fraction of sp³-hybridized carbons (Fsp3) is 0.0385. The van der Waals surface area contributed by atoms with Gasteiger partial charge < -0.3 is 9.72 Å². The molecule has 0 unspecified atom stereocenters. The van der Waals surface area contributed by atoms with Crippen LogP contribution in [0.15, 0.2) is 79.0 Å². The van der Waals surface area contributed by atoms with Crippen LogP contribution >= 0.6 is 0 Å². The molecule has 0 fully saturated rings. The van der Waals surface area contributed by atoms with Crippen LogP contribution in [-0.2, 0) is 0 Å². The van der Waals surface area contributed by atoms with Gasteiger partial charge in [0.1, 0.15) is 17.2 Å². The van der Waals surface area contributed by atoms with E-state index in [1.54, 1.807) is 13.2 Å². The van der Waals surface area contributed by atoms with Gasteiger partial charge >= 0.3 is 0 Å². The predicted molar refractivity (Wildman–Crippen MR) is 121 cm³/mol. The van der Waals surface area contributed by atoms with Crippen LogP contribution in [0.25, 0.3) is 45.2 Å². The maximum atomic E-state index is 13.4.